The Morgan fingerprint density at radius 3 is 2.56 bits per heavy atom. The van der Waals surface area contributed by atoms with Crippen molar-refractivity contribution >= 4 is 29.2 Å². The Hall–Kier alpha value is -3.99. The fraction of sp³-hybridized carbons (Fsp3) is 0.148. The summed E-state index contributed by atoms with van der Waals surface area (Å²) in [6.07, 6.45) is 11.2. The molecule has 2 aromatic carbocycles. The number of H-pyrrole nitrogens is 1. The first-order valence-corrected chi connectivity index (χ1v) is 10.7. The molecule has 5 heteroatoms. The maximum Gasteiger partial charge on any atom is 0.119 e. The number of rotatable bonds is 7. The van der Waals surface area contributed by atoms with Crippen LogP contribution in [0.25, 0.3) is 12.2 Å². The van der Waals surface area contributed by atoms with Crippen molar-refractivity contribution in [2.75, 3.05) is 24.8 Å². The summed E-state index contributed by atoms with van der Waals surface area (Å²) in [6, 6.07) is 18.2. The number of aliphatic imine (C=N–C) groups is 1. The summed E-state index contributed by atoms with van der Waals surface area (Å²) in [5, 5.41) is 6.74. The van der Waals surface area contributed by atoms with Crippen LogP contribution in [-0.4, -0.2) is 24.9 Å². The topological polar surface area (TPSA) is 61.4 Å². The van der Waals surface area contributed by atoms with Crippen molar-refractivity contribution in [3.05, 3.63) is 101 Å². The van der Waals surface area contributed by atoms with Gasteiger partial charge in [-0.3, -0.25) is 4.99 Å². The van der Waals surface area contributed by atoms with E-state index in [0.717, 1.165) is 51.9 Å². The lowest BCUT2D eigenvalue weighted by atomic mass is 10.1. The second kappa shape index (κ2) is 9.88. The molecule has 32 heavy (non-hydrogen) atoms. The zero-order valence-corrected chi connectivity index (χ0v) is 18.6. The van der Waals surface area contributed by atoms with Crippen LogP contribution < -0.4 is 15.4 Å². The highest BCUT2D eigenvalue weighted by atomic mass is 16.5. The van der Waals surface area contributed by atoms with Crippen molar-refractivity contribution in [1.82, 2.24) is 4.98 Å². The lowest BCUT2D eigenvalue weighted by Gasteiger charge is -2.17. The summed E-state index contributed by atoms with van der Waals surface area (Å²) in [5.74, 6) is 0.832. The van der Waals surface area contributed by atoms with Gasteiger partial charge in [-0.05, 0) is 66.6 Å². The number of methoxy groups -OCH3 is 1. The number of hydrogen-bond donors (Lipinski definition) is 3. The molecule has 0 bridgehead atoms. The Morgan fingerprint density at radius 2 is 1.84 bits per heavy atom. The zero-order chi connectivity index (χ0) is 22.3. The molecule has 1 aliphatic heterocycles. The molecule has 4 rings (SSSR count). The van der Waals surface area contributed by atoms with Crippen molar-refractivity contribution in [3.8, 4) is 5.75 Å². The molecule has 0 saturated heterocycles. The number of nitrogens with zero attached hydrogens (tertiary/aromatic N) is 1. The molecule has 3 N–H and O–H groups in total. The first kappa shape index (κ1) is 21.2. The number of aryl methyl sites for hydroxylation is 1. The largest absolute Gasteiger partial charge is 0.497 e. The highest BCUT2D eigenvalue weighted by Gasteiger charge is 2.13. The molecule has 1 aliphatic rings. The number of aromatic nitrogens is 1. The van der Waals surface area contributed by atoms with Gasteiger partial charge < -0.3 is 20.4 Å². The molecule has 1 aromatic heterocycles. The quantitative estimate of drug-likeness (QED) is 0.419. The molecule has 0 fully saturated rings. The summed E-state index contributed by atoms with van der Waals surface area (Å²) in [6.45, 7) is 2.09. The van der Waals surface area contributed by atoms with Crippen molar-refractivity contribution < 1.29 is 4.74 Å². The first-order chi connectivity index (χ1) is 15.7. The van der Waals surface area contributed by atoms with Crippen molar-refractivity contribution in [2.24, 2.45) is 4.99 Å². The van der Waals surface area contributed by atoms with Crippen LogP contribution in [0.1, 0.15) is 23.2 Å². The fourth-order valence-corrected chi connectivity index (χ4v) is 3.54. The van der Waals surface area contributed by atoms with Gasteiger partial charge in [0, 0.05) is 42.4 Å². The van der Waals surface area contributed by atoms with Crippen molar-refractivity contribution in [1.29, 1.82) is 0 Å². The fourth-order valence-electron chi connectivity index (χ4n) is 3.54. The standard InChI is InChI=1S/C27H28N4O/c1-19-16-17-29-26(19)18-27-25(30-22-10-13-23(32-3)14-11-22)15-12-21(31-27)9-8-20-6-4-5-7-24(20)28-2/h4-11,13-18,28-30H,12H2,1-3H3/b9-8+,27-18-. The third-order valence-corrected chi connectivity index (χ3v) is 5.39. The first-order valence-electron chi connectivity index (χ1n) is 10.7. The average molecular weight is 425 g/mol. The number of aromatic amines is 1. The van der Waals surface area contributed by atoms with Gasteiger partial charge in [0.15, 0.2) is 0 Å². The Balaban J connectivity index is 1.62. The van der Waals surface area contributed by atoms with E-state index in [0.29, 0.717) is 0 Å². The minimum Gasteiger partial charge on any atom is -0.497 e. The van der Waals surface area contributed by atoms with E-state index in [1.165, 1.54) is 5.56 Å². The van der Waals surface area contributed by atoms with Gasteiger partial charge in [0.1, 0.15) is 5.75 Å². The number of anilines is 2. The molecule has 0 radical (unpaired) electrons. The maximum atomic E-state index is 5.27. The molecule has 0 saturated carbocycles. The number of dihydropyridines is 1. The minimum absolute atomic E-state index is 0.748. The maximum absolute atomic E-state index is 5.27. The summed E-state index contributed by atoms with van der Waals surface area (Å²) in [4.78, 5) is 8.27. The van der Waals surface area contributed by atoms with Gasteiger partial charge >= 0.3 is 0 Å². The molecule has 0 aliphatic carbocycles. The van der Waals surface area contributed by atoms with Crippen LogP contribution >= 0.6 is 0 Å². The molecule has 3 aromatic rings. The number of benzene rings is 2. The predicted octanol–water partition coefficient (Wildman–Crippen LogP) is 6.27. The monoisotopic (exact) mass is 424 g/mol. The lowest BCUT2D eigenvalue weighted by molar-refractivity contribution is 0.415. The van der Waals surface area contributed by atoms with Crippen LogP contribution in [0.2, 0.25) is 0 Å². The third kappa shape index (κ3) is 5.01. The molecule has 5 nitrogen and oxygen atoms in total. The van der Waals surface area contributed by atoms with E-state index >= 15 is 0 Å². The Labute approximate surface area is 189 Å². The summed E-state index contributed by atoms with van der Waals surface area (Å²) < 4.78 is 5.27. The van der Waals surface area contributed by atoms with Crippen LogP contribution in [0.4, 0.5) is 11.4 Å². The van der Waals surface area contributed by atoms with Crippen LogP contribution in [0.15, 0.2) is 89.3 Å². The van der Waals surface area contributed by atoms with Gasteiger partial charge in [0.25, 0.3) is 0 Å². The predicted molar refractivity (Wildman–Crippen MR) is 135 cm³/mol. The normalized spacial score (nSPS) is 14.9. The molecule has 162 valence electrons. The Morgan fingerprint density at radius 1 is 1.03 bits per heavy atom. The van der Waals surface area contributed by atoms with E-state index in [-0.39, 0.29) is 0 Å². The summed E-state index contributed by atoms with van der Waals surface area (Å²) in [5.41, 5.74) is 8.33. The van der Waals surface area contributed by atoms with Crippen molar-refractivity contribution in [2.45, 2.75) is 13.3 Å². The zero-order valence-electron chi connectivity index (χ0n) is 18.6. The van der Waals surface area contributed by atoms with Gasteiger partial charge in [-0.25, -0.2) is 0 Å². The highest BCUT2D eigenvalue weighted by molar-refractivity contribution is 6.02. The number of nitrogens with one attached hydrogen (secondary N) is 3. The van der Waals surface area contributed by atoms with E-state index in [4.69, 9.17) is 9.73 Å². The highest BCUT2D eigenvalue weighted by Crippen LogP contribution is 2.26. The molecule has 2 heterocycles. The van der Waals surface area contributed by atoms with Crippen LogP contribution in [0.3, 0.4) is 0 Å². The Bertz CT molecular complexity index is 1200. The lowest BCUT2D eigenvalue weighted by Crippen LogP contribution is -2.09. The third-order valence-electron chi connectivity index (χ3n) is 5.39. The molecular formula is C27H28N4O. The minimum atomic E-state index is 0.748. The van der Waals surface area contributed by atoms with E-state index in [1.54, 1.807) is 7.11 Å². The SMILES string of the molecule is CNc1ccccc1/C=C/C1=NC(=C\c2[nH]ccc2C)/C(Nc2ccc(OC)cc2)=CC1. The van der Waals surface area contributed by atoms with Gasteiger partial charge in [-0.15, -0.1) is 0 Å². The second-order valence-corrected chi connectivity index (χ2v) is 7.55. The van der Waals surface area contributed by atoms with E-state index < -0.39 is 0 Å². The summed E-state index contributed by atoms with van der Waals surface area (Å²) >= 11 is 0. The molecular weight excluding hydrogens is 396 g/mol. The van der Waals surface area contributed by atoms with Crippen molar-refractivity contribution in [3.63, 3.8) is 0 Å². The number of allylic oxidation sites excluding steroid dienone is 2. The Kier molecular flexibility index (Phi) is 6.56. The van der Waals surface area contributed by atoms with Gasteiger partial charge in [-0.1, -0.05) is 30.4 Å². The van der Waals surface area contributed by atoms with Gasteiger partial charge in [0.2, 0.25) is 0 Å². The van der Waals surface area contributed by atoms with Gasteiger partial charge in [0.05, 0.1) is 18.5 Å². The molecule has 0 atom stereocenters. The van der Waals surface area contributed by atoms with Gasteiger partial charge in [-0.2, -0.15) is 0 Å². The second-order valence-electron chi connectivity index (χ2n) is 7.55. The van der Waals surface area contributed by atoms with Crippen LogP contribution in [0.5, 0.6) is 5.75 Å². The van der Waals surface area contributed by atoms with Crippen LogP contribution in [0, 0.1) is 6.92 Å². The smallest absolute Gasteiger partial charge is 0.119 e. The summed E-state index contributed by atoms with van der Waals surface area (Å²) in [7, 11) is 3.61. The number of hydrogen-bond acceptors (Lipinski definition) is 4. The average Bonchev–Trinajstić information content (AvgIpc) is 3.24. The van der Waals surface area contributed by atoms with E-state index in [2.05, 4.69) is 65.0 Å². The molecule has 0 unspecified atom stereocenters. The van der Waals surface area contributed by atoms with E-state index in [9.17, 15) is 0 Å². The molecule has 0 spiro atoms. The van der Waals surface area contributed by atoms with Crippen LogP contribution in [-0.2, 0) is 0 Å². The van der Waals surface area contributed by atoms with E-state index in [1.807, 2.05) is 49.6 Å². The number of ether oxygens (including phenoxy) is 1. The molecule has 0 amide bonds. The number of para-hydroxylation sites is 1.